The first-order valence-electron chi connectivity index (χ1n) is 3.16. The van der Waals surface area contributed by atoms with Crippen molar-refractivity contribution >= 4 is 28.9 Å². The minimum Gasteiger partial charge on any atom is -0.258 e. The Labute approximate surface area is 84.4 Å². The van der Waals surface area contributed by atoms with Crippen LogP contribution in [0.3, 0.4) is 0 Å². The van der Waals surface area contributed by atoms with Gasteiger partial charge in [0, 0.05) is 6.07 Å². The van der Waals surface area contributed by atoms with Gasteiger partial charge in [-0.05, 0) is 6.07 Å². The Balaban J connectivity index is 3.44. The normalized spacial score (nSPS) is 9.31. The predicted molar refractivity (Wildman–Crippen MR) is 51.1 cm³/mol. The van der Waals surface area contributed by atoms with E-state index in [2.05, 4.69) is 5.92 Å². The van der Waals surface area contributed by atoms with E-state index < -0.39 is 4.92 Å². The lowest BCUT2D eigenvalue weighted by Crippen LogP contribution is -1.92. The third-order valence-electron chi connectivity index (χ3n) is 1.39. The Morgan fingerprint density at radius 1 is 1.38 bits per heavy atom. The van der Waals surface area contributed by atoms with Gasteiger partial charge in [-0.25, -0.2) is 0 Å². The Morgan fingerprint density at radius 2 is 1.92 bits per heavy atom. The summed E-state index contributed by atoms with van der Waals surface area (Å²) in [5, 5.41) is 10.8. The number of hydrogen-bond acceptors (Lipinski definition) is 2. The second-order valence-corrected chi connectivity index (χ2v) is 3.00. The highest BCUT2D eigenvalue weighted by atomic mass is 35.5. The SMILES string of the molecule is C#Cc1cc(Cl)c(Cl)cc1[N+](=O)[O-]. The van der Waals surface area contributed by atoms with Crippen LogP contribution in [0.5, 0.6) is 0 Å². The monoisotopic (exact) mass is 215 g/mol. The predicted octanol–water partition coefficient (Wildman–Crippen LogP) is 2.88. The topological polar surface area (TPSA) is 43.1 Å². The van der Waals surface area contributed by atoms with Gasteiger partial charge in [0.2, 0.25) is 0 Å². The molecule has 1 aromatic rings. The molecular formula is C8H3Cl2NO2. The molecule has 0 aliphatic carbocycles. The highest BCUT2D eigenvalue weighted by Gasteiger charge is 2.14. The first kappa shape index (κ1) is 9.85. The van der Waals surface area contributed by atoms with Gasteiger partial charge in [-0.3, -0.25) is 10.1 Å². The van der Waals surface area contributed by atoms with E-state index in [0.717, 1.165) is 6.07 Å². The number of rotatable bonds is 1. The maximum atomic E-state index is 10.5. The molecule has 0 saturated heterocycles. The maximum absolute atomic E-state index is 10.5. The number of benzene rings is 1. The minimum absolute atomic E-state index is 0.118. The molecule has 0 fully saturated rings. The van der Waals surface area contributed by atoms with Gasteiger partial charge in [-0.2, -0.15) is 0 Å². The van der Waals surface area contributed by atoms with Gasteiger partial charge in [0.15, 0.2) is 0 Å². The summed E-state index contributed by atoms with van der Waals surface area (Å²) >= 11 is 11.2. The smallest absolute Gasteiger partial charge is 0.258 e. The van der Waals surface area contributed by atoms with E-state index in [0.29, 0.717) is 0 Å². The Morgan fingerprint density at radius 3 is 2.38 bits per heavy atom. The van der Waals surface area contributed by atoms with Gasteiger partial charge in [-0.1, -0.05) is 29.1 Å². The van der Waals surface area contributed by atoms with Crippen molar-refractivity contribution in [1.82, 2.24) is 0 Å². The standard InChI is InChI=1S/C8H3Cl2NO2/c1-2-5-3-6(9)7(10)4-8(5)11(12)13/h1,3-4H. The van der Waals surface area contributed by atoms with Crippen LogP contribution in [-0.4, -0.2) is 4.92 Å². The molecule has 0 bridgehead atoms. The van der Waals surface area contributed by atoms with Crippen LogP contribution >= 0.6 is 23.2 Å². The second-order valence-electron chi connectivity index (χ2n) is 2.18. The van der Waals surface area contributed by atoms with E-state index in [1.807, 2.05) is 0 Å². The first-order valence-corrected chi connectivity index (χ1v) is 3.92. The van der Waals surface area contributed by atoms with Crippen molar-refractivity contribution < 1.29 is 4.92 Å². The molecule has 1 rings (SSSR count). The molecule has 0 saturated carbocycles. The van der Waals surface area contributed by atoms with Crippen LogP contribution in [0.4, 0.5) is 5.69 Å². The summed E-state index contributed by atoms with van der Waals surface area (Å²) < 4.78 is 0. The summed E-state index contributed by atoms with van der Waals surface area (Å²) in [5.74, 6) is 2.16. The Kier molecular flexibility index (Phi) is 2.76. The fourth-order valence-corrected chi connectivity index (χ4v) is 1.12. The van der Waals surface area contributed by atoms with Crippen LogP contribution in [0, 0.1) is 22.5 Å². The van der Waals surface area contributed by atoms with Crippen LogP contribution in [0.15, 0.2) is 12.1 Å². The quantitative estimate of drug-likeness (QED) is 0.411. The summed E-state index contributed by atoms with van der Waals surface area (Å²) in [5.41, 5.74) is -0.0868. The zero-order chi connectivity index (χ0) is 10.0. The summed E-state index contributed by atoms with van der Waals surface area (Å²) in [6, 6.07) is 2.43. The Bertz CT molecular complexity index is 409. The van der Waals surface area contributed by atoms with Crippen LogP contribution in [0.2, 0.25) is 10.0 Å². The molecule has 66 valence electrons. The number of halogens is 2. The number of terminal acetylenes is 1. The van der Waals surface area contributed by atoms with Crippen molar-refractivity contribution in [2.45, 2.75) is 0 Å². The fourth-order valence-electron chi connectivity index (χ4n) is 0.803. The highest BCUT2D eigenvalue weighted by molar-refractivity contribution is 6.42. The molecule has 0 unspecified atom stereocenters. The first-order chi connectivity index (χ1) is 6.06. The molecule has 0 aliphatic heterocycles. The van der Waals surface area contributed by atoms with Crippen LogP contribution in [-0.2, 0) is 0 Å². The lowest BCUT2D eigenvalue weighted by molar-refractivity contribution is -0.385. The average molecular weight is 216 g/mol. The number of nitrogens with zero attached hydrogens (tertiary/aromatic N) is 1. The van der Waals surface area contributed by atoms with E-state index >= 15 is 0 Å². The molecule has 0 atom stereocenters. The molecule has 0 aliphatic rings. The lowest BCUT2D eigenvalue weighted by atomic mass is 10.2. The van der Waals surface area contributed by atoms with Gasteiger partial charge in [0.25, 0.3) is 5.69 Å². The van der Waals surface area contributed by atoms with Gasteiger partial charge in [-0.15, -0.1) is 6.42 Å². The van der Waals surface area contributed by atoms with E-state index in [1.54, 1.807) is 0 Å². The van der Waals surface area contributed by atoms with E-state index in [-0.39, 0.29) is 21.3 Å². The molecule has 3 nitrogen and oxygen atoms in total. The molecule has 0 aromatic heterocycles. The third-order valence-corrected chi connectivity index (χ3v) is 2.11. The van der Waals surface area contributed by atoms with Gasteiger partial charge in [0.05, 0.1) is 15.0 Å². The number of nitro groups is 1. The molecule has 0 spiro atoms. The Hall–Kier alpha value is -1.24. The van der Waals surface area contributed by atoms with Gasteiger partial charge in [0.1, 0.15) is 5.56 Å². The molecular weight excluding hydrogens is 213 g/mol. The van der Waals surface area contributed by atoms with Gasteiger partial charge >= 0.3 is 0 Å². The molecule has 0 radical (unpaired) electrons. The molecule has 0 heterocycles. The van der Waals surface area contributed by atoms with Crippen molar-refractivity contribution in [3.8, 4) is 12.3 Å². The average Bonchev–Trinajstić information content (AvgIpc) is 2.08. The van der Waals surface area contributed by atoms with Crippen LogP contribution < -0.4 is 0 Å². The van der Waals surface area contributed by atoms with E-state index in [4.69, 9.17) is 29.6 Å². The molecule has 13 heavy (non-hydrogen) atoms. The van der Waals surface area contributed by atoms with Crippen molar-refractivity contribution in [2.75, 3.05) is 0 Å². The maximum Gasteiger partial charge on any atom is 0.286 e. The zero-order valence-corrected chi connectivity index (χ0v) is 7.76. The lowest BCUT2D eigenvalue weighted by Gasteiger charge is -1.98. The van der Waals surface area contributed by atoms with Crippen LogP contribution in [0.1, 0.15) is 5.56 Å². The summed E-state index contributed by atoms with van der Waals surface area (Å²) in [4.78, 5) is 9.85. The summed E-state index contributed by atoms with van der Waals surface area (Å²) in [6.07, 6.45) is 5.05. The number of nitro benzene ring substituents is 1. The van der Waals surface area contributed by atoms with Crippen molar-refractivity contribution in [2.24, 2.45) is 0 Å². The molecule has 0 N–H and O–H groups in total. The van der Waals surface area contributed by atoms with Crippen molar-refractivity contribution in [3.63, 3.8) is 0 Å². The van der Waals surface area contributed by atoms with Gasteiger partial charge < -0.3 is 0 Å². The largest absolute Gasteiger partial charge is 0.286 e. The second kappa shape index (κ2) is 3.65. The zero-order valence-electron chi connectivity index (χ0n) is 6.25. The fraction of sp³-hybridized carbons (Fsp3) is 0. The highest BCUT2D eigenvalue weighted by Crippen LogP contribution is 2.29. The third kappa shape index (κ3) is 1.92. The summed E-state index contributed by atoms with van der Waals surface area (Å²) in [7, 11) is 0. The van der Waals surface area contributed by atoms with E-state index in [1.165, 1.54) is 6.07 Å². The van der Waals surface area contributed by atoms with E-state index in [9.17, 15) is 10.1 Å². The minimum atomic E-state index is -0.600. The van der Waals surface area contributed by atoms with Crippen molar-refractivity contribution in [3.05, 3.63) is 37.9 Å². The van der Waals surface area contributed by atoms with Crippen molar-refractivity contribution in [1.29, 1.82) is 0 Å². The molecule has 1 aromatic carbocycles. The number of hydrogen-bond donors (Lipinski definition) is 0. The molecule has 0 amide bonds. The molecule has 5 heteroatoms. The van der Waals surface area contributed by atoms with Crippen LogP contribution in [0.25, 0.3) is 0 Å². The summed E-state index contributed by atoms with van der Waals surface area (Å²) in [6.45, 7) is 0.